The molecule has 1 unspecified atom stereocenters. The van der Waals surface area contributed by atoms with Gasteiger partial charge < -0.3 is 5.32 Å². The van der Waals surface area contributed by atoms with Gasteiger partial charge in [0, 0.05) is 23.5 Å². The Kier molecular flexibility index (Phi) is 4.79. The topological polar surface area (TPSA) is 54.4 Å². The van der Waals surface area contributed by atoms with Gasteiger partial charge in [-0.2, -0.15) is 13.8 Å². The Morgan fingerprint density at radius 1 is 1.19 bits per heavy atom. The molecule has 2 heterocycles. The molecule has 8 heteroatoms. The van der Waals surface area contributed by atoms with E-state index < -0.39 is 28.4 Å². The summed E-state index contributed by atoms with van der Waals surface area (Å²) in [6.07, 6.45) is 2.49. The van der Waals surface area contributed by atoms with Crippen molar-refractivity contribution >= 4 is 22.8 Å². The number of nitrogens with zero attached hydrogens (tertiary/aromatic N) is 2. The van der Waals surface area contributed by atoms with Crippen LogP contribution in [0.5, 0.6) is 0 Å². The minimum Gasteiger partial charge on any atom is -0.358 e. The Bertz CT molecular complexity index is 860. The van der Waals surface area contributed by atoms with Crippen molar-refractivity contribution in [1.82, 2.24) is 10.3 Å². The second-order valence-electron chi connectivity index (χ2n) is 6.06. The van der Waals surface area contributed by atoms with Crippen molar-refractivity contribution in [1.29, 1.82) is 0 Å². The molecule has 1 aliphatic heterocycles. The van der Waals surface area contributed by atoms with Crippen LogP contribution < -0.4 is 5.32 Å². The molecule has 0 saturated heterocycles. The number of nitrogens with one attached hydrogen (secondary N) is 1. The van der Waals surface area contributed by atoms with Crippen LogP contribution in [0.15, 0.2) is 53.8 Å². The van der Waals surface area contributed by atoms with Crippen LogP contribution in [-0.2, 0) is 10.7 Å². The summed E-state index contributed by atoms with van der Waals surface area (Å²) in [5, 5.41) is 2.90. The third-order valence-corrected chi connectivity index (χ3v) is 5.51. The number of pyridine rings is 1. The quantitative estimate of drug-likeness (QED) is 0.871. The van der Waals surface area contributed by atoms with Crippen LogP contribution in [-0.4, -0.2) is 20.8 Å². The first-order valence-electron chi connectivity index (χ1n) is 7.87. The Balaban J connectivity index is 1.81. The number of aromatic nitrogens is 1. The number of hydrogen-bond acceptors (Lipinski definition) is 4. The van der Waals surface area contributed by atoms with Crippen molar-refractivity contribution < 1.29 is 18.0 Å². The van der Waals surface area contributed by atoms with Crippen LogP contribution >= 0.6 is 11.8 Å². The summed E-state index contributed by atoms with van der Waals surface area (Å²) in [6.45, 7) is 2.83. The maximum atomic E-state index is 15.0. The Morgan fingerprint density at radius 3 is 2.50 bits per heavy atom. The number of rotatable bonds is 4. The maximum absolute atomic E-state index is 15.0. The monoisotopic (exact) mass is 379 g/mol. The standard InChI is InChI=1S/C18H16F3N3OS/c1-11(13-5-3-4-6-14(13)19)23-16-24-15(25)17(2,26-16)18(20,21)12-7-9-22-10-8-12/h3-11H,1-2H3,(H,23,24,25)/t11-,17?/m0/s1. The van der Waals surface area contributed by atoms with Crippen molar-refractivity contribution in [2.24, 2.45) is 4.99 Å². The van der Waals surface area contributed by atoms with Crippen molar-refractivity contribution in [3.05, 3.63) is 65.7 Å². The minimum absolute atomic E-state index is 0.0435. The molecule has 1 aliphatic rings. The van der Waals surface area contributed by atoms with E-state index >= 15 is 0 Å². The third-order valence-electron chi connectivity index (χ3n) is 4.27. The zero-order valence-corrected chi connectivity index (χ0v) is 14.9. The molecule has 1 aromatic heterocycles. The van der Waals surface area contributed by atoms with Gasteiger partial charge >= 0.3 is 0 Å². The molecule has 3 rings (SSSR count). The molecule has 1 amide bonds. The number of aliphatic imine (C=N–C) groups is 1. The van der Waals surface area contributed by atoms with E-state index in [9.17, 15) is 18.0 Å². The highest BCUT2D eigenvalue weighted by atomic mass is 32.2. The normalized spacial score (nSPS) is 21.4. The van der Waals surface area contributed by atoms with Crippen LogP contribution in [0.1, 0.15) is 31.0 Å². The average Bonchev–Trinajstić information content (AvgIpc) is 2.91. The van der Waals surface area contributed by atoms with Gasteiger partial charge in [-0.25, -0.2) is 4.39 Å². The Hall–Kier alpha value is -2.35. The van der Waals surface area contributed by atoms with Gasteiger partial charge in [-0.05, 0) is 32.0 Å². The van der Waals surface area contributed by atoms with Crippen LogP contribution in [0, 0.1) is 5.82 Å². The van der Waals surface area contributed by atoms with E-state index in [1.165, 1.54) is 30.6 Å². The fourth-order valence-electron chi connectivity index (χ4n) is 2.64. The van der Waals surface area contributed by atoms with E-state index in [2.05, 4.69) is 15.3 Å². The Morgan fingerprint density at radius 2 is 1.85 bits per heavy atom. The number of hydrogen-bond donors (Lipinski definition) is 1. The van der Waals surface area contributed by atoms with Crippen molar-refractivity contribution in [3.63, 3.8) is 0 Å². The molecule has 26 heavy (non-hydrogen) atoms. The van der Waals surface area contributed by atoms with E-state index in [0.29, 0.717) is 17.3 Å². The van der Waals surface area contributed by atoms with Gasteiger partial charge in [0.1, 0.15) is 5.82 Å². The van der Waals surface area contributed by atoms with E-state index in [-0.39, 0.29) is 10.7 Å². The smallest absolute Gasteiger partial charge is 0.296 e. The van der Waals surface area contributed by atoms with E-state index in [1.807, 2.05) is 0 Å². The highest BCUT2D eigenvalue weighted by Gasteiger charge is 2.60. The zero-order chi connectivity index (χ0) is 18.9. The van der Waals surface area contributed by atoms with Gasteiger partial charge in [0.25, 0.3) is 11.8 Å². The first-order valence-corrected chi connectivity index (χ1v) is 8.69. The average molecular weight is 379 g/mol. The van der Waals surface area contributed by atoms with Crippen molar-refractivity contribution in [2.45, 2.75) is 30.6 Å². The number of halogens is 3. The van der Waals surface area contributed by atoms with Crippen LogP contribution in [0.25, 0.3) is 0 Å². The van der Waals surface area contributed by atoms with Crippen LogP contribution in [0.3, 0.4) is 0 Å². The maximum Gasteiger partial charge on any atom is 0.296 e. The molecule has 2 aromatic rings. The number of alkyl halides is 2. The highest BCUT2D eigenvalue weighted by molar-refractivity contribution is 8.16. The predicted octanol–water partition coefficient (Wildman–Crippen LogP) is 4.05. The lowest BCUT2D eigenvalue weighted by Crippen LogP contribution is -2.45. The van der Waals surface area contributed by atoms with E-state index in [0.717, 1.165) is 6.92 Å². The van der Waals surface area contributed by atoms with Gasteiger partial charge in [0.05, 0.1) is 6.04 Å². The predicted molar refractivity (Wildman–Crippen MR) is 94.5 cm³/mol. The first kappa shape index (κ1) is 18.4. The fraction of sp³-hybridized carbons (Fsp3) is 0.278. The first-order chi connectivity index (χ1) is 12.3. The summed E-state index contributed by atoms with van der Waals surface area (Å²) in [6, 6.07) is 7.94. The van der Waals surface area contributed by atoms with Crippen molar-refractivity contribution in [2.75, 3.05) is 0 Å². The lowest BCUT2D eigenvalue weighted by Gasteiger charge is -2.30. The van der Waals surface area contributed by atoms with Crippen LogP contribution in [0.2, 0.25) is 0 Å². The SMILES string of the molecule is C[C@H](NC1=NC(=O)C(C)(C(F)(F)c2ccncc2)S1)c1ccccc1F. The molecule has 1 N–H and O–H groups in total. The zero-order valence-electron chi connectivity index (χ0n) is 14.0. The number of carbonyl (C=O) groups excluding carboxylic acids is 1. The molecule has 0 fully saturated rings. The summed E-state index contributed by atoms with van der Waals surface area (Å²) < 4.78 is 41.7. The Labute approximate surface area is 152 Å². The third kappa shape index (κ3) is 3.09. The molecular weight excluding hydrogens is 363 g/mol. The molecule has 4 nitrogen and oxygen atoms in total. The molecule has 0 saturated carbocycles. The second kappa shape index (κ2) is 6.75. The molecular formula is C18H16F3N3OS. The van der Waals surface area contributed by atoms with E-state index in [1.54, 1.807) is 25.1 Å². The molecule has 0 radical (unpaired) electrons. The van der Waals surface area contributed by atoms with Crippen molar-refractivity contribution in [3.8, 4) is 0 Å². The minimum atomic E-state index is -3.45. The number of thioether (sulfide) groups is 1. The number of amidine groups is 1. The van der Waals surface area contributed by atoms with Gasteiger partial charge in [0.2, 0.25) is 0 Å². The second-order valence-corrected chi connectivity index (χ2v) is 7.46. The van der Waals surface area contributed by atoms with Gasteiger partial charge in [-0.3, -0.25) is 9.78 Å². The number of carbonyl (C=O) groups is 1. The number of benzene rings is 1. The van der Waals surface area contributed by atoms with Crippen LogP contribution in [0.4, 0.5) is 13.2 Å². The molecule has 0 spiro atoms. The fourth-order valence-corrected chi connectivity index (χ4v) is 3.77. The summed E-state index contributed by atoms with van der Waals surface area (Å²) in [4.78, 5) is 19.8. The molecule has 136 valence electrons. The van der Waals surface area contributed by atoms with Gasteiger partial charge in [0.15, 0.2) is 9.91 Å². The molecule has 0 aliphatic carbocycles. The largest absolute Gasteiger partial charge is 0.358 e. The van der Waals surface area contributed by atoms with Gasteiger partial charge in [-0.15, -0.1) is 0 Å². The molecule has 2 atom stereocenters. The highest BCUT2D eigenvalue weighted by Crippen LogP contribution is 2.50. The summed E-state index contributed by atoms with van der Waals surface area (Å²) in [7, 11) is 0. The number of amides is 1. The summed E-state index contributed by atoms with van der Waals surface area (Å²) in [5.41, 5.74) is 0.0483. The summed E-state index contributed by atoms with van der Waals surface area (Å²) in [5.74, 6) is -4.81. The molecule has 1 aromatic carbocycles. The summed E-state index contributed by atoms with van der Waals surface area (Å²) >= 11 is 0.648. The van der Waals surface area contributed by atoms with Gasteiger partial charge in [-0.1, -0.05) is 30.0 Å². The lowest BCUT2D eigenvalue weighted by atomic mass is 9.95. The molecule has 0 bridgehead atoms. The van der Waals surface area contributed by atoms with E-state index in [4.69, 9.17) is 0 Å². The lowest BCUT2D eigenvalue weighted by molar-refractivity contribution is -0.130.